The molecule has 0 unspecified atom stereocenters. The van der Waals surface area contributed by atoms with Gasteiger partial charge in [0.1, 0.15) is 0 Å². The maximum Gasteiger partial charge on any atom is 0.253 e. The van der Waals surface area contributed by atoms with E-state index in [0.717, 1.165) is 5.56 Å². The molecule has 0 radical (unpaired) electrons. The van der Waals surface area contributed by atoms with Gasteiger partial charge in [-0.3, -0.25) is 4.79 Å². The summed E-state index contributed by atoms with van der Waals surface area (Å²) in [6.07, 6.45) is 1.77. The molecule has 0 aliphatic rings. The third-order valence-corrected chi connectivity index (χ3v) is 1.77. The van der Waals surface area contributed by atoms with Crippen molar-refractivity contribution in [2.75, 3.05) is 0 Å². The second-order valence-corrected chi connectivity index (χ2v) is 3.03. The Balaban J connectivity index is 0.000000671. The summed E-state index contributed by atoms with van der Waals surface area (Å²) in [5, 5.41) is 0. The van der Waals surface area contributed by atoms with Crippen molar-refractivity contribution in [3.63, 3.8) is 0 Å². The fourth-order valence-electron chi connectivity index (χ4n) is 1.06. The summed E-state index contributed by atoms with van der Waals surface area (Å²) in [6, 6.07) is 3.78. The molecule has 1 heterocycles. The molecule has 0 spiro atoms. The molecule has 0 aliphatic carbocycles. The van der Waals surface area contributed by atoms with E-state index in [1.807, 2.05) is 39.8 Å². The van der Waals surface area contributed by atoms with Crippen molar-refractivity contribution in [1.29, 1.82) is 0 Å². The summed E-state index contributed by atoms with van der Waals surface area (Å²) in [7, 11) is 1.77. The number of aromatic nitrogens is 1. The highest BCUT2D eigenvalue weighted by Crippen LogP contribution is 2.07. The standard InChI is InChI=1S/C9H13NO.C2H6/c1-7(2)8-5-4-6-10(3)9(8)11;1-2/h4-7H,1-3H3;1-2H3. The molecule has 0 aromatic carbocycles. The van der Waals surface area contributed by atoms with Crippen LogP contribution in [0.2, 0.25) is 0 Å². The van der Waals surface area contributed by atoms with E-state index < -0.39 is 0 Å². The fraction of sp³-hybridized carbons (Fsp3) is 0.545. The Morgan fingerprint density at radius 2 is 1.85 bits per heavy atom. The number of aryl methyl sites for hydroxylation is 1. The van der Waals surface area contributed by atoms with Crippen LogP contribution in [0.5, 0.6) is 0 Å². The van der Waals surface area contributed by atoms with E-state index in [-0.39, 0.29) is 5.56 Å². The van der Waals surface area contributed by atoms with Gasteiger partial charge in [0, 0.05) is 18.8 Å². The first kappa shape index (κ1) is 11.9. The van der Waals surface area contributed by atoms with Crippen LogP contribution in [0, 0.1) is 0 Å². The van der Waals surface area contributed by atoms with Crippen LogP contribution in [0.15, 0.2) is 23.1 Å². The van der Waals surface area contributed by atoms with Crippen LogP contribution < -0.4 is 5.56 Å². The van der Waals surface area contributed by atoms with E-state index in [9.17, 15) is 4.79 Å². The van der Waals surface area contributed by atoms with Crippen LogP contribution in [-0.4, -0.2) is 4.57 Å². The zero-order chi connectivity index (χ0) is 10.4. The molecule has 1 aromatic heterocycles. The monoisotopic (exact) mass is 181 g/mol. The topological polar surface area (TPSA) is 22.0 Å². The van der Waals surface area contributed by atoms with E-state index in [2.05, 4.69) is 0 Å². The molecule has 1 aromatic rings. The van der Waals surface area contributed by atoms with E-state index >= 15 is 0 Å². The van der Waals surface area contributed by atoms with Crippen molar-refractivity contribution in [2.45, 2.75) is 33.6 Å². The Hall–Kier alpha value is -1.05. The Kier molecular flexibility index (Phi) is 5.12. The lowest BCUT2D eigenvalue weighted by atomic mass is 10.1. The lowest BCUT2D eigenvalue weighted by Gasteiger charge is -2.04. The van der Waals surface area contributed by atoms with Gasteiger partial charge in [-0.1, -0.05) is 33.8 Å². The number of nitrogens with zero attached hydrogens (tertiary/aromatic N) is 1. The number of hydrogen-bond donors (Lipinski definition) is 0. The van der Waals surface area contributed by atoms with Crippen molar-refractivity contribution >= 4 is 0 Å². The quantitative estimate of drug-likeness (QED) is 0.652. The van der Waals surface area contributed by atoms with Crippen molar-refractivity contribution < 1.29 is 0 Å². The second kappa shape index (κ2) is 5.57. The molecule has 13 heavy (non-hydrogen) atoms. The lowest BCUT2D eigenvalue weighted by Crippen LogP contribution is -2.20. The molecular formula is C11H19NO. The highest BCUT2D eigenvalue weighted by atomic mass is 16.1. The van der Waals surface area contributed by atoms with Crippen molar-refractivity contribution in [3.05, 3.63) is 34.2 Å². The fourth-order valence-corrected chi connectivity index (χ4v) is 1.06. The Bertz CT molecular complexity index is 299. The summed E-state index contributed by atoms with van der Waals surface area (Å²) in [4.78, 5) is 11.4. The Morgan fingerprint density at radius 3 is 2.23 bits per heavy atom. The average molecular weight is 181 g/mol. The van der Waals surface area contributed by atoms with Gasteiger partial charge >= 0.3 is 0 Å². The molecule has 74 valence electrons. The van der Waals surface area contributed by atoms with Gasteiger partial charge < -0.3 is 4.57 Å². The summed E-state index contributed by atoms with van der Waals surface area (Å²) >= 11 is 0. The molecule has 2 heteroatoms. The van der Waals surface area contributed by atoms with Crippen LogP contribution in [-0.2, 0) is 7.05 Å². The highest BCUT2D eigenvalue weighted by Gasteiger charge is 2.03. The van der Waals surface area contributed by atoms with Gasteiger partial charge in [-0.05, 0) is 12.0 Å². The van der Waals surface area contributed by atoms with E-state index in [1.165, 1.54) is 0 Å². The number of pyridine rings is 1. The predicted octanol–water partition coefficient (Wildman–Crippen LogP) is 2.53. The summed E-state index contributed by atoms with van der Waals surface area (Å²) in [6.45, 7) is 8.05. The molecular weight excluding hydrogens is 162 g/mol. The van der Waals surface area contributed by atoms with Crippen LogP contribution in [0.1, 0.15) is 39.2 Å². The van der Waals surface area contributed by atoms with Crippen LogP contribution in [0.4, 0.5) is 0 Å². The molecule has 0 N–H and O–H groups in total. The SMILES string of the molecule is CC.CC(C)c1cccn(C)c1=O. The van der Waals surface area contributed by atoms with E-state index in [1.54, 1.807) is 17.8 Å². The summed E-state index contributed by atoms with van der Waals surface area (Å²) in [5.41, 5.74) is 0.998. The van der Waals surface area contributed by atoms with E-state index in [0.29, 0.717) is 5.92 Å². The lowest BCUT2D eigenvalue weighted by molar-refractivity contribution is 0.780. The second-order valence-electron chi connectivity index (χ2n) is 3.03. The first-order valence-electron chi connectivity index (χ1n) is 4.78. The van der Waals surface area contributed by atoms with Gasteiger partial charge in [-0.15, -0.1) is 0 Å². The highest BCUT2D eigenvalue weighted by molar-refractivity contribution is 5.13. The molecule has 1 rings (SSSR count). The third-order valence-electron chi connectivity index (χ3n) is 1.77. The van der Waals surface area contributed by atoms with Gasteiger partial charge in [-0.25, -0.2) is 0 Å². The summed E-state index contributed by atoms with van der Waals surface area (Å²) < 4.78 is 1.61. The average Bonchev–Trinajstić information content (AvgIpc) is 2.13. The van der Waals surface area contributed by atoms with Crippen molar-refractivity contribution in [3.8, 4) is 0 Å². The molecule has 0 atom stereocenters. The van der Waals surface area contributed by atoms with Crippen molar-refractivity contribution in [2.24, 2.45) is 7.05 Å². The largest absolute Gasteiger partial charge is 0.318 e. The summed E-state index contributed by atoms with van der Waals surface area (Å²) in [5.74, 6) is 0.315. The smallest absolute Gasteiger partial charge is 0.253 e. The van der Waals surface area contributed by atoms with Crippen molar-refractivity contribution in [1.82, 2.24) is 4.57 Å². The third kappa shape index (κ3) is 3.05. The number of hydrogen-bond acceptors (Lipinski definition) is 1. The normalized spacial score (nSPS) is 9.38. The van der Waals surface area contributed by atoms with E-state index in [4.69, 9.17) is 0 Å². The van der Waals surface area contributed by atoms with Crippen LogP contribution >= 0.6 is 0 Å². The molecule has 0 fully saturated rings. The predicted molar refractivity (Wildman–Crippen MR) is 57.1 cm³/mol. The zero-order valence-corrected chi connectivity index (χ0v) is 9.16. The molecule has 0 saturated carbocycles. The molecule has 0 saturated heterocycles. The van der Waals surface area contributed by atoms with Gasteiger partial charge in [0.15, 0.2) is 0 Å². The Labute approximate surface area is 80.2 Å². The van der Waals surface area contributed by atoms with Gasteiger partial charge in [-0.2, -0.15) is 0 Å². The maximum atomic E-state index is 11.4. The van der Waals surface area contributed by atoms with Gasteiger partial charge in [0.25, 0.3) is 5.56 Å². The van der Waals surface area contributed by atoms with Gasteiger partial charge in [0.05, 0.1) is 0 Å². The molecule has 0 amide bonds. The maximum absolute atomic E-state index is 11.4. The van der Waals surface area contributed by atoms with Gasteiger partial charge in [0.2, 0.25) is 0 Å². The molecule has 0 aliphatic heterocycles. The molecule has 0 bridgehead atoms. The van der Waals surface area contributed by atoms with Crippen LogP contribution in [0.25, 0.3) is 0 Å². The minimum absolute atomic E-state index is 0.113. The Morgan fingerprint density at radius 1 is 1.31 bits per heavy atom. The first-order valence-corrected chi connectivity index (χ1v) is 4.78. The molecule has 2 nitrogen and oxygen atoms in total. The minimum Gasteiger partial charge on any atom is -0.318 e. The zero-order valence-electron chi connectivity index (χ0n) is 9.16. The van der Waals surface area contributed by atoms with Crippen LogP contribution in [0.3, 0.4) is 0 Å². The first-order chi connectivity index (χ1) is 6.13. The number of rotatable bonds is 1. The minimum atomic E-state index is 0.113.